The molecule has 0 saturated carbocycles. The van der Waals surface area contributed by atoms with Crippen molar-refractivity contribution in [1.29, 1.82) is 0 Å². The van der Waals surface area contributed by atoms with Crippen molar-refractivity contribution in [2.24, 2.45) is 5.92 Å². The Morgan fingerprint density at radius 1 is 1.33 bits per heavy atom. The molecule has 1 unspecified atom stereocenters. The topological polar surface area (TPSA) is 21.3 Å². The summed E-state index contributed by atoms with van der Waals surface area (Å²) in [5, 5.41) is 3.35. The second kappa shape index (κ2) is 8.09. The molecule has 1 N–H and O–H groups in total. The average molecular weight is 253 g/mol. The highest BCUT2D eigenvalue weighted by atomic mass is 19.1. The van der Waals surface area contributed by atoms with E-state index in [0.29, 0.717) is 11.7 Å². The van der Waals surface area contributed by atoms with Gasteiger partial charge in [-0.05, 0) is 43.5 Å². The maximum absolute atomic E-state index is 14.1. The zero-order valence-corrected chi connectivity index (χ0v) is 11.6. The molecule has 0 aliphatic rings. The van der Waals surface area contributed by atoms with Crippen molar-refractivity contribution >= 4 is 0 Å². The van der Waals surface area contributed by atoms with Gasteiger partial charge in [0.25, 0.3) is 0 Å². The van der Waals surface area contributed by atoms with E-state index >= 15 is 0 Å². The molecule has 0 aliphatic heterocycles. The van der Waals surface area contributed by atoms with Gasteiger partial charge in [-0.15, -0.1) is 0 Å². The van der Waals surface area contributed by atoms with Crippen LogP contribution in [0.2, 0.25) is 0 Å². The summed E-state index contributed by atoms with van der Waals surface area (Å²) in [5.41, 5.74) is 0.755. The summed E-state index contributed by atoms with van der Waals surface area (Å²) in [6.07, 6.45) is 3.01. The Morgan fingerprint density at radius 3 is 2.72 bits per heavy atom. The van der Waals surface area contributed by atoms with E-state index in [1.165, 1.54) is 7.11 Å². The molecule has 0 aliphatic carbocycles. The smallest absolute Gasteiger partial charge is 0.168 e. The standard InChI is InChI=1S/C15H24FNO/c1-4-7-12(11-17-5-2)10-13-8-6-9-14(18-3)15(13)16/h6,8-9,12,17H,4-5,7,10-11H2,1-3H3. The van der Waals surface area contributed by atoms with Crippen LogP contribution in [0.1, 0.15) is 32.3 Å². The molecule has 0 bridgehead atoms. The van der Waals surface area contributed by atoms with Gasteiger partial charge in [0.1, 0.15) is 0 Å². The lowest BCUT2D eigenvalue weighted by atomic mass is 9.94. The Hall–Kier alpha value is -1.09. The number of rotatable bonds is 8. The van der Waals surface area contributed by atoms with Gasteiger partial charge in [0, 0.05) is 0 Å². The summed E-state index contributed by atoms with van der Waals surface area (Å²) in [6, 6.07) is 5.37. The Kier molecular flexibility index (Phi) is 6.73. The Balaban J connectivity index is 2.73. The Morgan fingerprint density at radius 2 is 2.11 bits per heavy atom. The molecule has 0 saturated heterocycles. The van der Waals surface area contributed by atoms with Crippen LogP contribution >= 0.6 is 0 Å². The van der Waals surface area contributed by atoms with Gasteiger partial charge in [0.05, 0.1) is 7.11 Å². The maximum atomic E-state index is 14.1. The number of ether oxygens (including phenoxy) is 1. The van der Waals surface area contributed by atoms with Gasteiger partial charge < -0.3 is 10.1 Å². The minimum absolute atomic E-state index is 0.211. The van der Waals surface area contributed by atoms with Crippen molar-refractivity contribution in [3.63, 3.8) is 0 Å². The van der Waals surface area contributed by atoms with E-state index in [0.717, 1.165) is 37.9 Å². The number of hydrogen-bond donors (Lipinski definition) is 1. The first-order valence-electron chi connectivity index (χ1n) is 6.74. The number of halogens is 1. The largest absolute Gasteiger partial charge is 0.494 e. The van der Waals surface area contributed by atoms with E-state index in [-0.39, 0.29) is 5.82 Å². The minimum atomic E-state index is -0.211. The zero-order chi connectivity index (χ0) is 13.4. The molecule has 102 valence electrons. The number of benzene rings is 1. The molecule has 1 aromatic rings. The van der Waals surface area contributed by atoms with Gasteiger partial charge in [-0.2, -0.15) is 0 Å². The first-order chi connectivity index (χ1) is 8.72. The molecule has 1 aromatic carbocycles. The molecule has 2 nitrogen and oxygen atoms in total. The summed E-state index contributed by atoms with van der Waals surface area (Å²) in [6.45, 7) is 6.16. The molecular formula is C15H24FNO. The zero-order valence-electron chi connectivity index (χ0n) is 11.6. The Bertz CT molecular complexity index is 354. The second-order valence-electron chi connectivity index (χ2n) is 4.60. The first kappa shape index (κ1) is 15.0. The maximum Gasteiger partial charge on any atom is 0.168 e. The van der Waals surface area contributed by atoms with Crippen LogP contribution in [0.25, 0.3) is 0 Å². The Labute approximate surface area is 110 Å². The summed E-state index contributed by atoms with van der Waals surface area (Å²) >= 11 is 0. The predicted molar refractivity (Wildman–Crippen MR) is 73.6 cm³/mol. The van der Waals surface area contributed by atoms with E-state index in [1.54, 1.807) is 6.07 Å². The quantitative estimate of drug-likeness (QED) is 0.766. The lowest BCUT2D eigenvalue weighted by molar-refractivity contribution is 0.379. The van der Waals surface area contributed by atoms with Crippen LogP contribution in [0.5, 0.6) is 5.75 Å². The van der Waals surface area contributed by atoms with Crippen molar-refractivity contribution in [1.82, 2.24) is 5.32 Å². The summed E-state index contributed by atoms with van der Waals surface area (Å²) in [4.78, 5) is 0. The van der Waals surface area contributed by atoms with E-state index in [9.17, 15) is 4.39 Å². The lowest BCUT2D eigenvalue weighted by Crippen LogP contribution is -2.24. The summed E-state index contributed by atoms with van der Waals surface area (Å²) in [7, 11) is 1.50. The molecule has 18 heavy (non-hydrogen) atoms. The van der Waals surface area contributed by atoms with Crippen LogP contribution in [0.3, 0.4) is 0 Å². The second-order valence-corrected chi connectivity index (χ2v) is 4.60. The molecule has 0 heterocycles. The third-order valence-corrected chi connectivity index (χ3v) is 3.15. The fourth-order valence-corrected chi connectivity index (χ4v) is 2.22. The highest BCUT2D eigenvalue weighted by Crippen LogP contribution is 2.23. The van der Waals surface area contributed by atoms with Crippen LogP contribution in [0, 0.1) is 11.7 Å². The van der Waals surface area contributed by atoms with Gasteiger partial charge in [0.15, 0.2) is 11.6 Å². The van der Waals surface area contributed by atoms with Crippen LogP contribution in [-0.2, 0) is 6.42 Å². The van der Waals surface area contributed by atoms with Crippen molar-refractivity contribution in [2.45, 2.75) is 33.1 Å². The fourth-order valence-electron chi connectivity index (χ4n) is 2.22. The van der Waals surface area contributed by atoms with Crippen LogP contribution in [-0.4, -0.2) is 20.2 Å². The molecule has 1 atom stereocenters. The monoisotopic (exact) mass is 253 g/mol. The highest BCUT2D eigenvalue weighted by molar-refractivity contribution is 5.31. The highest BCUT2D eigenvalue weighted by Gasteiger charge is 2.14. The lowest BCUT2D eigenvalue weighted by Gasteiger charge is -2.17. The first-order valence-corrected chi connectivity index (χ1v) is 6.74. The van der Waals surface area contributed by atoms with Crippen molar-refractivity contribution in [3.05, 3.63) is 29.6 Å². The van der Waals surface area contributed by atoms with Crippen LogP contribution in [0.4, 0.5) is 4.39 Å². The van der Waals surface area contributed by atoms with Gasteiger partial charge in [-0.3, -0.25) is 0 Å². The van der Waals surface area contributed by atoms with Crippen LogP contribution < -0.4 is 10.1 Å². The number of methoxy groups -OCH3 is 1. The van der Waals surface area contributed by atoms with E-state index < -0.39 is 0 Å². The molecule has 0 fully saturated rings. The molecular weight excluding hydrogens is 229 g/mol. The molecule has 3 heteroatoms. The van der Waals surface area contributed by atoms with Gasteiger partial charge in [-0.1, -0.05) is 32.4 Å². The van der Waals surface area contributed by atoms with Crippen LogP contribution in [0.15, 0.2) is 18.2 Å². The summed E-state index contributed by atoms with van der Waals surface area (Å²) in [5.74, 6) is 0.611. The molecule has 1 rings (SSSR count). The van der Waals surface area contributed by atoms with Gasteiger partial charge >= 0.3 is 0 Å². The third-order valence-electron chi connectivity index (χ3n) is 3.15. The average Bonchev–Trinajstić information content (AvgIpc) is 2.38. The summed E-state index contributed by atoms with van der Waals surface area (Å²) < 4.78 is 19.1. The number of nitrogens with one attached hydrogen (secondary N) is 1. The molecule has 0 radical (unpaired) electrons. The van der Waals surface area contributed by atoms with E-state index in [2.05, 4.69) is 19.2 Å². The SMILES string of the molecule is CCCC(CNCC)Cc1cccc(OC)c1F. The van der Waals surface area contributed by atoms with Gasteiger partial charge in [0.2, 0.25) is 0 Å². The number of hydrogen-bond acceptors (Lipinski definition) is 2. The van der Waals surface area contributed by atoms with E-state index in [1.807, 2.05) is 12.1 Å². The van der Waals surface area contributed by atoms with Crippen molar-refractivity contribution in [2.75, 3.05) is 20.2 Å². The van der Waals surface area contributed by atoms with Gasteiger partial charge in [-0.25, -0.2) is 4.39 Å². The third kappa shape index (κ3) is 4.30. The van der Waals surface area contributed by atoms with E-state index in [4.69, 9.17) is 4.74 Å². The predicted octanol–water partition coefficient (Wildman–Crippen LogP) is 3.40. The molecule has 0 spiro atoms. The molecule has 0 aromatic heterocycles. The minimum Gasteiger partial charge on any atom is -0.494 e. The normalized spacial score (nSPS) is 12.4. The van der Waals surface area contributed by atoms with Crippen molar-refractivity contribution in [3.8, 4) is 5.75 Å². The fraction of sp³-hybridized carbons (Fsp3) is 0.600. The molecule has 0 amide bonds. The van der Waals surface area contributed by atoms with Crippen molar-refractivity contribution < 1.29 is 9.13 Å².